The molecule has 0 aliphatic rings. The summed E-state index contributed by atoms with van der Waals surface area (Å²) in [5.41, 5.74) is 0. The lowest BCUT2D eigenvalue weighted by molar-refractivity contribution is -0.131. The standard InChI is InChI=1S/C14H26O5/c1-12(15)7-5-3-4-6-8-13(19-11-18-2)9-10-14(16)17/h9-10,12-13,15H,3-8,11H2,1-2H3,(H,16,17)/b10-9+/t12-,13+/m1/s1. The van der Waals surface area contributed by atoms with E-state index in [9.17, 15) is 4.79 Å². The average Bonchev–Trinajstić information content (AvgIpc) is 2.35. The van der Waals surface area contributed by atoms with E-state index in [1.807, 2.05) is 0 Å². The summed E-state index contributed by atoms with van der Waals surface area (Å²) in [5.74, 6) is -0.969. The highest BCUT2D eigenvalue weighted by atomic mass is 16.7. The quantitative estimate of drug-likeness (QED) is 0.324. The van der Waals surface area contributed by atoms with Gasteiger partial charge in [-0.15, -0.1) is 0 Å². The number of unbranched alkanes of at least 4 members (excludes halogenated alkanes) is 3. The summed E-state index contributed by atoms with van der Waals surface area (Å²) >= 11 is 0. The normalized spacial score (nSPS) is 14.7. The maximum atomic E-state index is 10.5. The van der Waals surface area contributed by atoms with Gasteiger partial charge in [0.15, 0.2) is 0 Å². The van der Waals surface area contributed by atoms with Crippen LogP contribution in [0.25, 0.3) is 0 Å². The van der Waals surface area contributed by atoms with Crippen LogP contribution in [0.15, 0.2) is 12.2 Å². The van der Waals surface area contributed by atoms with Crippen molar-refractivity contribution < 1.29 is 24.5 Å². The zero-order valence-electron chi connectivity index (χ0n) is 11.9. The molecule has 5 nitrogen and oxygen atoms in total. The molecule has 0 unspecified atom stereocenters. The SMILES string of the molecule is COCO[C@H](/C=C/C(=O)O)CCCCCC[C@@H](C)O. The Hall–Kier alpha value is -0.910. The first kappa shape index (κ1) is 18.1. The van der Waals surface area contributed by atoms with E-state index in [1.54, 1.807) is 13.0 Å². The fraction of sp³-hybridized carbons (Fsp3) is 0.786. The number of carboxylic acid groups (broad SMARTS) is 1. The van der Waals surface area contributed by atoms with Gasteiger partial charge in [0.2, 0.25) is 0 Å². The molecule has 19 heavy (non-hydrogen) atoms. The zero-order valence-corrected chi connectivity index (χ0v) is 11.9. The molecule has 0 aromatic heterocycles. The number of methoxy groups -OCH3 is 1. The molecular weight excluding hydrogens is 248 g/mol. The Morgan fingerprint density at radius 1 is 1.21 bits per heavy atom. The van der Waals surface area contributed by atoms with Gasteiger partial charge in [-0.3, -0.25) is 0 Å². The van der Waals surface area contributed by atoms with Crippen LogP contribution in [0.2, 0.25) is 0 Å². The number of ether oxygens (including phenoxy) is 2. The van der Waals surface area contributed by atoms with Crippen LogP contribution in [0.4, 0.5) is 0 Å². The van der Waals surface area contributed by atoms with E-state index >= 15 is 0 Å². The lowest BCUT2D eigenvalue weighted by Gasteiger charge is -2.13. The van der Waals surface area contributed by atoms with Crippen LogP contribution in [-0.4, -0.2) is 42.3 Å². The molecule has 0 aromatic rings. The van der Waals surface area contributed by atoms with Crippen molar-refractivity contribution in [1.82, 2.24) is 0 Å². The molecule has 0 aliphatic carbocycles. The molecule has 0 heterocycles. The summed E-state index contributed by atoms with van der Waals surface area (Å²) in [6, 6.07) is 0. The smallest absolute Gasteiger partial charge is 0.328 e. The largest absolute Gasteiger partial charge is 0.478 e. The highest BCUT2D eigenvalue weighted by molar-refractivity contribution is 5.79. The third-order valence-electron chi connectivity index (χ3n) is 2.71. The molecule has 0 fully saturated rings. The molecule has 112 valence electrons. The Morgan fingerprint density at radius 3 is 2.37 bits per heavy atom. The minimum Gasteiger partial charge on any atom is -0.478 e. The predicted molar refractivity (Wildman–Crippen MR) is 72.9 cm³/mol. The highest BCUT2D eigenvalue weighted by Crippen LogP contribution is 2.11. The average molecular weight is 274 g/mol. The number of rotatable bonds is 12. The van der Waals surface area contributed by atoms with Crippen molar-refractivity contribution in [3.8, 4) is 0 Å². The van der Waals surface area contributed by atoms with Gasteiger partial charge in [-0.05, 0) is 25.8 Å². The van der Waals surface area contributed by atoms with Gasteiger partial charge in [-0.25, -0.2) is 4.79 Å². The van der Waals surface area contributed by atoms with Crippen LogP contribution >= 0.6 is 0 Å². The molecule has 0 bridgehead atoms. The van der Waals surface area contributed by atoms with Crippen molar-refractivity contribution in [2.45, 2.75) is 57.7 Å². The fourth-order valence-electron chi connectivity index (χ4n) is 1.72. The fourth-order valence-corrected chi connectivity index (χ4v) is 1.72. The molecule has 0 spiro atoms. The number of hydrogen-bond donors (Lipinski definition) is 2. The molecule has 0 amide bonds. The molecule has 2 N–H and O–H groups in total. The number of aliphatic hydroxyl groups is 1. The Kier molecular flexibility index (Phi) is 11.6. The molecule has 0 aliphatic heterocycles. The number of hydrogen-bond acceptors (Lipinski definition) is 4. The molecule has 0 radical (unpaired) electrons. The van der Waals surface area contributed by atoms with Crippen LogP contribution in [0.3, 0.4) is 0 Å². The molecule has 5 heteroatoms. The van der Waals surface area contributed by atoms with Crippen molar-refractivity contribution in [3.63, 3.8) is 0 Å². The molecule has 0 saturated carbocycles. The molecular formula is C14H26O5. The lowest BCUT2D eigenvalue weighted by atomic mass is 10.1. The second kappa shape index (κ2) is 12.1. The van der Waals surface area contributed by atoms with Gasteiger partial charge in [0, 0.05) is 13.2 Å². The number of aliphatic carboxylic acids is 1. The zero-order chi connectivity index (χ0) is 14.5. The highest BCUT2D eigenvalue weighted by Gasteiger charge is 2.05. The monoisotopic (exact) mass is 274 g/mol. The maximum absolute atomic E-state index is 10.5. The first-order valence-electron chi connectivity index (χ1n) is 6.76. The van der Waals surface area contributed by atoms with Crippen LogP contribution in [-0.2, 0) is 14.3 Å². The third-order valence-corrected chi connectivity index (χ3v) is 2.71. The second-order valence-electron chi connectivity index (χ2n) is 4.65. The summed E-state index contributed by atoms with van der Waals surface area (Å²) in [6.07, 6.45) is 7.95. The first-order chi connectivity index (χ1) is 9.06. The van der Waals surface area contributed by atoms with E-state index in [0.29, 0.717) is 0 Å². The van der Waals surface area contributed by atoms with Crippen molar-refractivity contribution in [2.75, 3.05) is 13.9 Å². The van der Waals surface area contributed by atoms with Crippen molar-refractivity contribution in [3.05, 3.63) is 12.2 Å². The van der Waals surface area contributed by atoms with Crippen molar-refractivity contribution >= 4 is 5.97 Å². The first-order valence-corrected chi connectivity index (χ1v) is 6.76. The van der Waals surface area contributed by atoms with E-state index < -0.39 is 5.97 Å². The van der Waals surface area contributed by atoms with Gasteiger partial charge in [0.25, 0.3) is 0 Å². The predicted octanol–water partition coefficient (Wildman–Crippen LogP) is 2.34. The van der Waals surface area contributed by atoms with E-state index in [4.69, 9.17) is 19.7 Å². The maximum Gasteiger partial charge on any atom is 0.328 e. The minimum atomic E-state index is -0.969. The van der Waals surface area contributed by atoms with E-state index in [0.717, 1.165) is 44.6 Å². The summed E-state index contributed by atoms with van der Waals surface area (Å²) in [4.78, 5) is 10.5. The lowest BCUT2D eigenvalue weighted by Crippen LogP contribution is -2.12. The topological polar surface area (TPSA) is 76.0 Å². The second-order valence-corrected chi connectivity index (χ2v) is 4.65. The van der Waals surface area contributed by atoms with Crippen LogP contribution in [0.1, 0.15) is 45.4 Å². The minimum absolute atomic E-state index is 0.163. The molecule has 0 saturated heterocycles. The van der Waals surface area contributed by atoms with Crippen molar-refractivity contribution in [1.29, 1.82) is 0 Å². The molecule has 0 rings (SSSR count). The summed E-state index contributed by atoms with van der Waals surface area (Å²) < 4.78 is 10.2. The summed E-state index contributed by atoms with van der Waals surface area (Å²) in [5, 5.41) is 17.7. The van der Waals surface area contributed by atoms with Crippen LogP contribution in [0.5, 0.6) is 0 Å². The number of carbonyl (C=O) groups is 1. The van der Waals surface area contributed by atoms with E-state index in [-0.39, 0.29) is 19.0 Å². The Bertz CT molecular complexity index is 250. The Labute approximate surface area is 115 Å². The summed E-state index contributed by atoms with van der Waals surface area (Å²) in [6.45, 7) is 1.96. The number of carboxylic acids is 1. The van der Waals surface area contributed by atoms with Gasteiger partial charge < -0.3 is 19.7 Å². The third kappa shape index (κ3) is 13.3. The van der Waals surface area contributed by atoms with Crippen molar-refractivity contribution in [2.24, 2.45) is 0 Å². The van der Waals surface area contributed by atoms with Crippen LogP contribution in [0, 0.1) is 0 Å². The van der Waals surface area contributed by atoms with Gasteiger partial charge >= 0.3 is 5.97 Å². The summed E-state index contributed by atoms with van der Waals surface area (Å²) in [7, 11) is 1.54. The van der Waals surface area contributed by atoms with E-state index in [2.05, 4.69) is 0 Å². The Morgan fingerprint density at radius 2 is 1.84 bits per heavy atom. The van der Waals surface area contributed by atoms with Gasteiger partial charge in [0.05, 0.1) is 12.2 Å². The number of aliphatic hydroxyl groups excluding tert-OH is 1. The molecule has 2 atom stereocenters. The van der Waals surface area contributed by atoms with Gasteiger partial charge in [-0.2, -0.15) is 0 Å². The molecule has 0 aromatic carbocycles. The van der Waals surface area contributed by atoms with Gasteiger partial charge in [0.1, 0.15) is 6.79 Å². The van der Waals surface area contributed by atoms with E-state index in [1.165, 1.54) is 7.11 Å². The van der Waals surface area contributed by atoms with Gasteiger partial charge in [-0.1, -0.05) is 25.7 Å². The Balaban J connectivity index is 3.76. The van der Waals surface area contributed by atoms with Crippen LogP contribution < -0.4 is 0 Å².